The van der Waals surface area contributed by atoms with E-state index >= 15 is 0 Å². The van der Waals surface area contributed by atoms with Crippen LogP contribution in [0.2, 0.25) is 5.02 Å². The number of nitrogens with zero attached hydrogens (tertiary/aromatic N) is 1. The van der Waals surface area contributed by atoms with E-state index < -0.39 is 0 Å². The van der Waals surface area contributed by atoms with Gasteiger partial charge >= 0.3 is 0 Å². The van der Waals surface area contributed by atoms with E-state index in [9.17, 15) is 0 Å². The molecule has 0 radical (unpaired) electrons. The Morgan fingerprint density at radius 3 is 2.76 bits per heavy atom. The van der Waals surface area contributed by atoms with Gasteiger partial charge in [-0.3, -0.25) is 0 Å². The van der Waals surface area contributed by atoms with Crippen molar-refractivity contribution in [2.75, 3.05) is 26.7 Å². The Balaban J connectivity index is 1.89. The summed E-state index contributed by atoms with van der Waals surface area (Å²) in [5, 5.41) is 4.32. The molecule has 94 valence electrons. The molecule has 1 heterocycles. The van der Waals surface area contributed by atoms with Crippen LogP contribution in [0.1, 0.15) is 12.5 Å². The molecule has 1 aromatic rings. The maximum Gasteiger partial charge on any atom is 0.0451 e. The van der Waals surface area contributed by atoms with Gasteiger partial charge in [0.25, 0.3) is 0 Å². The Labute approximate surface area is 109 Å². The molecular weight excluding hydrogens is 232 g/mol. The zero-order valence-electron chi connectivity index (χ0n) is 10.6. The lowest BCUT2D eigenvalue weighted by molar-refractivity contribution is 0.252. The minimum Gasteiger partial charge on any atom is -0.316 e. The molecule has 2 rings (SSSR count). The highest BCUT2D eigenvalue weighted by Crippen LogP contribution is 2.20. The van der Waals surface area contributed by atoms with E-state index in [1.54, 1.807) is 0 Å². The normalized spacial score (nSPS) is 24.5. The minimum absolute atomic E-state index is 0.766. The number of halogens is 1. The quantitative estimate of drug-likeness (QED) is 0.886. The van der Waals surface area contributed by atoms with Crippen LogP contribution in [0.5, 0.6) is 0 Å². The molecule has 1 aliphatic rings. The molecule has 0 unspecified atom stereocenters. The number of hydrogen-bond donors (Lipinski definition) is 1. The van der Waals surface area contributed by atoms with Crippen molar-refractivity contribution in [3.8, 4) is 0 Å². The SMILES string of the molecule is C[C@@H]1CNC[C@H]1CN(C)Cc1ccccc1Cl. The second kappa shape index (κ2) is 5.85. The Kier molecular flexibility index (Phi) is 4.43. The van der Waals surface area contributed by atoms with Gasteiger partial charge in [0, 0.05) is 18.1 Å². The van der Waals surface area contributed by atoms with E-state index in [-0.39, 0.29) is 0 Å². The lowest BCUT2D eigenvalue weighted by atomic mass is 9.97. The van der Waals surface area contributed by atoms with E-state index in [0.29, 0.717) is 0 Å². The molecule has 17 heavy (non-hydrogen) atoms. The molecule has 1 N–H and O–H groups in total. The first-order chi connectivity index (χ1) is 8.16. The third-order valence-electron chi connectivity index (χ3n) is 3.62. The summed E-state index contributed by atoms with van der Waals surface area (Å²) in [6, 6.07) is 8.10. The fraction of sp³-hybridized carbons (Fsp3) is 0.571. The summed E-state index contributed by atoms with van der Waals surface area (Å²) in [7, 11) is 2.17. The topological polar surface area (TPSA) is 15.3 Å². The van der Waals surface area contributed by atoms with Crippen LogP contribution in [0.3, 0.4) is 0 Å². The first kappa shape index (κ1) is 12.9. The monoisotopic (exact) mass is 252 g/mol. The van der Waals surface area contributed by atoms with Gasteiger partial charge < -0.3 is 10.2 Å². The van der Waals surface area contributed by atoms with Gasteiger partial charge in [-0.1, -0.05) is 36.7 Å². The lowest BCUT2D eigenvalue weighted by Gasteiger charge is -2.23. The van der Waals surface area contributed by atoms with E-state index in [2.05, 4.69) is 36.3 Å². The van der Waals surface area contributed by atoms with Gasteiger partial charge in [-0.2, -0.15) is 0 Å². The van der Waals surface area contributed by atoms with Crippen LogP contribution in [0, 0.1) is 11.8 Å². The van der Waals surface area contributed by atoms with Gasteiger partial charge in [-0.05, 0) is 43.6 Å². The van der Waals surface area contributed by atoms with E-state index in [1.807, 2.05) is 12.1 Å². The Morgan fingerprint density at radius 2 is 2.12 bits per heavy atom. The van der Waals surface area contributed by atoms with Gasteiger partial charge in [-0.15, -0.1) is 0 Å². The van der Waals surface area contributed by atoms with Crippen LogP contribution >= 0.6 is 11.6 Å². The Hall–Kier alpha value is -0.570. The molecule has 0 saturated carbocycles. The average Bonchev–Trinajstić information content (AvgIpc) is 2.68. The minimum atomic E-state index is 0.766. The molecule has 1 saturated heterocycles. The van der Waals surface area contributed by atoms with Crippen molar-refractivity contribution >= 4 is 11.6 Å². The molecule has 0 aliphatic carbocycles. The molecular formula is C14H21ClN2. The summed E-state index contributed by atoms with van der Waals surface area (Å²) in [4.78, 5) is 2.37. The summed E-state index contributed by atoms with van der Waals surface area (Å²) in [5.74, 6) is 1.55. The van der Waals surface area contributed by atoms with Crippen molar-refractivity contribution in [3.63, 3.8) is 0 Å². The Bertz CT molecular complexity index is 367. The van der Waals surface area contributed by atoms with Gasteiger partial charge in [-0.25, -0.2) is 0 Å². The highest BCUT2D eigenvalue weighted by Gasteiger charge is 2.24. The molecule has 1 aromatic carbocycles. The van der Waals surface area contributed by atoms with E-state index in [0.717, 1.165) is 43.0 Å². The predicted molar refractivity (Wildman–Crippen MR) is 73.3 cm³/mol. The first-order valence-corrected chi connectivity index (χ1v) is 6.67. The molecule has 0 bridgehead atoms. The third kappa shape index (κ3) is 3.44. The van der Waals surface area contributed by atoms with Crippen LogP contribution in [0.15, 0.2) is 24.3 Å². The number of nitrogens with one attached hydrogen (secondary N) is 1. The summed E-state index contributed by atoms with van der Waals surface area (Å²) < 4.78 is 0. The standard InChI is InChI=1S/C14H21ClN2/c1-11-7-16-8-13(11)10-17(2)9-12-5-3-4-6-14(12)15/h3-6,11,13,16H,7-10H2,1-2H3/t11-,13+/m1/s1. The van der Waals surface area contributed by atoms with Crippen molar-refractivity contribution in [2.45, 2.75) is 13.5 Å². The second-order valence-corrected chi connectivity index (χ2v) is 5.59. The van der Waals surface area contributed by atoms with Crippen LogP contribution in [0.25, 0.3) is 0 Å². The number of hydrogen-bond acceptors (Lipinski definition) is 2. The molecule has 0 aromatic heterocycles. The smallest absolute Gasteiger partial charge is 0.0451 e. The largest absolute Gasteiger partial charge is 0.316 e. The fourth-order valence-corrected chi connectivity index (χ4v) is 2.69. The number of rotatable bonds is 4. The van der Waals surface area contributed by atoms with Gasteiger partial charge in [0.1, 0.15) is 0 Å². The molecule has 1 aliphatic heterocycles. The first-order valence-electron chi connectivity index (χ1n) is 6.29. The molecule has 0 amide bonds. The van der Waals surface area contributed by atoms with Crippen LogP contribution in [-0.2, 0) is 6.54 Å². The molecule has 1 fully saturated rings. The molecule has 2 atom stereocenters. The third-order valence-corrected chi connectivity index (χ3v) is 3.99. The van der Waals surface area contributed by atoms with Crippen LogP contribution in [0.4, 0.5) is 0 Å². The van der Waals surface area contributed by atoms with Crippen molar-refractivity contribution in [2.24, 2.45) is 11.8 Å². The van der Waals surface area contributed by atoms with Crippen molar-refractivity contribution in [3.05, 3.63) is 34.9 Å². The van der Waals surface area contributed by atoms with Crippen molar-refractivity contribution in [1.82, 2.24) is 10.2 Å². The highest BCUT2D eigenvalue weighted by molar-refractivity contribution is 6.31. The number of benzene rings is 1. The fourth-order valence-electron chi connectivity index (χ4n) is 2.49. The molecule has 3 heteroatoms. The maximum atomic E-state index is 6.17. The average molecular weight is 253 g/mol. The summed E-state index contributed by atoms with van der Waals surface area (Å²) in [5.41, 5.74) is 1.22. The maximum absolute atomic E-state index is 6.17. The summed E-state index contributed by atoms with van der Waals surface area (Å²) in [6.45, 7) is 6.70. The van der Waals surface area contributed by atoms with Crippen molar-refractivity contribution < 1.29 is 0 Å². The van der Waals surface area contributed by atoms with E-state index in [1.165, 1.54) is 5.56 Å². The van der Waals surface area contributed by atoms with Gasteiger partial charge in [0.05, 0.1) is 0 Å². The zero-order chi connectivity index (χ0) is 12.3. The van der Waals surface area contributed by atoms with Crippen molar-refractivity contribution in [1.29, 1.82) is 0 Å². The summed E-state index contributed by atoms with van der Waals surface area (Å²) in [6.07, 6.45) is 0. The lowest BCUT2D eigenvalue weighted by Crippen LogP contribution is -2.29. The zero-order valence-corrected chi connectivity index (χ0v) is 11.4. The second-order valence-electron chi connectivity index (χ2n) is 5.18. The van der Waals surface area contributed by atoms with Crippen LogP contribution < -0.4 is 5.32 Å². The molecule has 0 spiro atoms. The highest BCUT2D eigenvalue weighted by atomic mass is 35.5. The predicted octanol–water partition coefficient (Wildman–Crippen LogP) is 2.63. The van der Waals surface area contributed by atoms with Gasteiger partial charge in [0.15, 0.2) is 0 Å². The molecule has 2 nitrogen and oxygen atoms in total. The van der Waals surface area contributed by atoms with Crippen LogP contribution in [-0.4, -0.2) is 31.6 Å². The van der Waals surface area contributed by atoms with E-state index in [4.69, 9.17) is 11.6 Å². The van der Waals surface area contributed by atoms with Gasteiger partial charge in [0.2, 0.25) is 0 Å². The summed E-state index contributed by atoms with van der Waals surface area (Å²) >= 11 is 6.17. The Morgan fingerprint density at radius 1 is 1.35 bits per heavy atom.